The lowest BCUT2D eigenvalue weighted by Crippen LogP contribution is -2.07. The van der Waals surface area contributed by atoms with Crippen LogP contribution in [0.1, 0.15) is 27.3 Å². The van der Waals surface area contributed by atoms with Gasteiger partial charge in [-0.25, -0.2) is 22.5 Å². The molecular weight excluding hydrogens is 468 g/mol. The zero-order valence-electron chi connectivity index (χ0n) is 18.1. The third kappa shape index (κ3) is 4.81. The SMILES string of the molecule is Cc1nn(C)cc1/C=C/C(=O)c1cnc(SCc2c(F)ccc(F)c2F)n1-c1ccc(F)cc1. The Morgan fingerprint density at radius 3 is 2.44 bits per heavy atom. The summed E-state index contributed by atoms with van der Waals surface area (Å²) in [6.45, 7) is 1.81. The van der Waals surface area contributed by atoms with E-state index in [0.29, 0.717) is 11.8 Å². The monoisotopic (exact) mass is 486 g/mol. The second-order valence-electron chi connectivity index (χ2n) is 7.39. The van der Waals surface area contributed by atoms with E-state index < -0.39 is 34.6 Å². The highest BCUT2D eigenvalue weighted by Crippen LogP contribution is 2.29. The number of rotatable bonds is 7. The Morgan fingerprint density at radius 2 is 1.76 bits per heavy atom. The fourth-order valence-electron chi connectivity index (χ4n) is 3.32. The van der Waals surface area contributed by atoms with Crippen LogP contribution < -0.4 is 0 Å². The van der Waals surface area contributed by atoms with E-state index in [2.05, 4.69) is 10.1 Å². The molecule has 0 amide bonds. The van der Waals surface area contributed by atoms with E-state index in [1.54, 1.807) is 24.0 Å². The summed E-state index contributed by atoms with van der Waals surface area (Å²) in [4.78, 5) is 17.2. The molecule has 174 valence electrons. The van der Waals surface area contributed by atoms with E-state index in [0.717, 1.165) is 29.1 Å². The molecule has 0 radical (unpaired) electrons. The topological polar surface area (TPSA) is 52.7 Å². The van der Waals surface area contributed by atoms with Gasteiger partial charge in [0.25, 0.3) is 0 Å². The Hall–Kier alpha value is -3.66. The van der Waals surface area contributed by atoms with Crippen LogP contribution in [0.15, 0.2) is 60.0 Å². The van der Waals surface area contributed by atoms with Crippen molar-refractivity contribution in [3.8, 4) is 5.69 Å². The minimum absolute atomic E-state index is 0.159. The summed E-state index contributed by atoms with van der Waals surface area (Å²) in [7, 11) is 1.77. The fourth-order valence-corrected chi connectivity index (χ4v) is 4.32. The molecule has 4 aromatic rings. The quantitative estimate of drug-likeness (QED) is 0.111. The summed E-state index contributed by atoms with van der Waals surface area (Å²) in [5.74, 6) is -4.47. The zero-order valence-corrected chi connectivity index (χ0v) is 18.9. The molecule has 0 saturated heterocycles. The van der Waals surface area contributed by atoms with E-state index >= 15 is 0 Å². The first-order chi connectivity index (χ1) is 16.2. The lowest BCUT2D eigenvalue weighted by Gasteiger charge is -2.11. The van der Waals surface area contributed by atoms with Gasteiger partial charge in [-0.1, -0.05) is 11.8 Å². The van der Waals surface area contributed by atoms with Crippen molar-refractivity contribution in [1.82, 2.24) is 19.3 Å². The normalized spacial score (nSPS) is 11.5. The van der Waals surface area contributed by atoms with Crippen LogP contribution in [0.5, 0.6) is 0 Å². The molecule has 0 atom stereocenters. The van der Waals surface area contributed by atoms with E-state index in [4.69, 9.17) is 0 Å². The molecule has 5 nitrogen and oxygen atoms in total. The molecule has 0 unspecified atom stereocenters. The average Bonchev–Trinajstić information content (AvgIpc) is 3.37. The number of allylic oxidation sites excluding steroid dienone is 1. The molecule has 0 aliphatic carbocycles. The van der Waals surface area contributed by atoms with Crippen LogP contribution in [0.25, 0.3) is 11.8 Å². The maximum absolute atomic E-state index is 14.1. The van der Waals surface area contributed by atoms with Crippen molar-refractivity contribution in [3.63, 3.8) is 0 Å². The molecule has 0 bridgehead atoms. The number of aromatic nitrogens is 4. The molecule has 0 saturated carbocycles. The lowest BCUT2D eigenvalue weighted by molar-refractivity contribution is 0.104. The van der Waals surface area contributed by atoms with Crippen molar-refractivity contribution >= 4 is 23.6 Å². The molecule has 0 fully saturated rings. The van der Waals surface area contributed by atoms with Crippen molar-refractivity contribution in [2.24, 2.45) is 7.05 Å². The van der Waals surface area contributed by atoms with E-state index in [-0.39, 0.29) is 16.6 Å². The van der Waals surface area contributed by atoms with Crippen molar-refractivity contribution in [3.05, 3.63) is 101 Å². The van der Waals surface area contributed by atoms with Gasteiger partial charge in [0.15, 0.2) is 16.8 Å². The summed E-state index contributed by atoms with van der Waals surface area (Å²) in [5.41, 5.74) is 1.64. The number of benzene rings is 2. The molecule has 0 aliphatic heterocycles. The number of aryl methyl sites for hydroxylation is 2. The highest BCUT2D eigenvalue weighted by molar-refractivity contribution is 7.98. The summed E-state index contributed by atoms with van der Waals surface area (Å²) in [5, 5.41) is 4.45. The molecule has 10 heteroatoms. The summed E-state index contributed by atoms with van der Waals surface area (Å²) in [6, 6.07) is 6.91. The van der Waals surface area contributed by atoms with Crippen LogP contribution in [-0.4, -0.2) is 25.1 Å². The van der Waals surface area contributed by atoms with Crippen LogP contribution in [0.3, 0.4) is 0 Å². The van der Waals surface area contributed by atoms with Gasteiger partial charge < -0.3 is 0 Å². The molecule has 0 N–H and O–H groups in total. The number of hydrogen-bond acceptors (Lipinski definition) is 4. The van der Waals surface area contributed by atoms with Gasteiger partial charge in [-0.2, -0.15) is 5.10 Å². The molecule has 2 aromatic heterocycles. The van der Waals surface area contributed by atoms with Gasteiger partial charge in [0.1, 0.15) is 17.3 Å². The first-order valence-corrected chi connectivity index (χ1v) is 11.0. The predicted octanol–water partition coefficient (Wildman–Crippen LogP) is 5.66. The standard InChI is InChI=1S/C24H18F4N4OS/c1-14-15(12-31(2)30-14)3-10-22(33)21-11-29-24(32(21)17-6-4-16(25)5-7-17)34-13-18-19(26)8-9-20(27)23(18)28/h3-12H,13H2,1-2H3/b10-3+. The largest absolute Gasteiger partial charge is 0.288 e. The minimum atomic E-state index is -1.28. The minimum Gasteiger partial charge on any atom is -0.288 e. The molecule has 4 rings (SSSR count). The van der Waals surface area contributed by atoms with E-state index in [9.17, 15) is 22.4 Å². The number of thioether (sulfide) groups is 1. The number of hydrogen-bond donors (Lipinski definition) is 0. The van der Waals surface area contributed by atoms with E-state index in [1.165, 1.54) is 41.1 Å². The summed E-state index contributed by atoms with van der Waals surface area (Å²) < 4.78 is 58.3. The van der Waals surface area contributed by atoms with Crippen molar-refractivity contribution in [2.45, 2.75) is 17.8 Å². The number of halogens is 4. The Morgan fingerprint density at radius 1 is 1.06 bits per heavy atom. The van der Waals surface area contributed by atoms with Gasteiger partial charge in [-0.3, -0.25) is 14.0 Å². The van der Waals surface area contributed by atoms with Gasteiger partial charge in [0, 0.05) is 35.8 Å². The van der Waals surface area contributed by atoms with Crippen molar-refractivity contribution in [2.75, 3.05) is 0 Å². The van der Waals surface area contributed by atoms with Crippen LogP contribution in [-0.2, 0) is 12.8 Å². The smallest absolute Gasteiger partial charge is 0.204 e. The summed E-state index contributed by atoms with van der Waals surface area (Å²) >= 11 is 0.916. The number of ketones is 1. The molecule has 2 heterocycles. The van der Waals surface area contributed by atoms with Crippen LogP contribution >= 0.6 is 11.8 Å². The Labute approximate surface area is 196 Å². The van der Waals surface area contributed by atoms with Gasteiger partial charge in [-0.15, -0.1) is 0 Å². The molecule has 2 aromatic carbocycles. The van der Waals surface area contributed by atoms with Gasteiger partial charge in [0.05, 0.1) is 11.9 Å². The molecule has 0 aliphatic rings. The maximum atomic E-state index is 14.1. The van der Waals surface area contributed by atoms with Gasteiger partial charge in [-0.05, 0) is 55.5 Å². The average molecular weight is 486 g/mol. The van der Waals surface area contributed by atoms with Crippen LogP contribution in [0.2, 0.25) is 0 Å². The number of imidazole rings is 1. The number of carbonyl (C=O) groups is 1. The van der Waals surface area contributed by atoms with Gasteiger partial charge >= 0.3 is 0 Å². The van der Waals surface area contributed by atoms with Crippen LogP contribution in [0, 0.1) is 30.2 Å². The lowest BCUT2D eigenvalue weighted by atomic mass is 10.2. The second kappa shape index (κ2) is 9.68. The van der Waals surface area contributed by atoms with E-state index in [1.807, 2.05) is 6.92 Å². The van der Waals surface area contributed by atoms with Gasteiger partial charge in [0.2, 0.25) is 5.78 Å². The Kier molecular flexibility index (Phi) is 6.69. The second-order valence-corrected chi connectivity index (χ2v) is 8.33. The number of carbonyl (C=O) groups excluding carboxylic acids is 1. The molecule has 0 spiro atoms. The van der Waals surface area contributed by atoms with Crippen molar-refractivity contribution < 1.29 is 22.4 Å². The molecule has 34 heavy (non-hydrogen) atoms. The third-order valence-electron chi connectivity index (χ3n) is 5.02. The summed E-state index contributed by atoms with van der Waals surface area (Å²) in [6.07, 6.45) is 6.07. The first kappa shape index (κ1) is 23.5. The first-order valence-electron chi connectivity index (χ1n) is 10.1. The fraction of sp³-hybridized carbons (Fsp3) is 0.125. The maximum Gasteiger partial charge on any atom is 0.204 e. The number of nitrogens with zero attached hydrogens (tertiary/aromatic N) is 4. The highest BCUT2D eigenvalue weighted by atomic mass is 32.2. The van der Waals surface area contributed by atoms with Crippen LogP contribution in [0.4, 0.5) is 17.6 Å². The van der Waals surface area contributed by atoms with Crippen molar-refractivity contribution in [1.29, 1.82) is 0 Å². The Balaban J connectivity index is 1.69. The third-order valence-corrected chi connectivity index (χ3v) is 6.00. The molecular formula is C24H18F4N4OS. The Bertz CT molecular complexity index is 1390. The zero-order chi connectivity index (χ0) is 24.4. The predicted molar refractivity (Wildman–Crippen MR) is 121 cm³/mol. The highest BCUT2D eigenvalue weighted by Gasteiger charge is 2.20.